The van der Waals surface area contributed by atoms with Crippen molar-refractivity contribution in [2.75, 3.05) is 13.7 Å². The van der Waals surface area contributed by atoms with Crippen molar-refractivity contribution in [3.8, 4) is 5.75 Å². The highest BCUT2D eigenvalue weighted by molar-refractivity contribution is 5.92. The number of nitrogens with one attached hydrogen (secondary N) is 1. The maximum absolute atomic E-state index is 14.4. The van der Waals surface area contributed by atoms with Crippen molar-refractivity contribution >= 4 is 17.8 Å². The van der Waals surface area contributed by atoms with Crippen LogP contribution in [0.5, 0.6) is 5.75 Å². The summed E-state index contributed by atoms with van der Waals surface area (Å²) in [5.41, 5.74) is 15.4. The SMILES string of the molecule is COc1cccc(CN(C(=O)C(c2ccccc2)c2ccccc2)[C@@H](CCCN=C(N)N[N+](=O)[O-])C(N)=O)c1. The number of benzene rings is 3. The molecule has 0 aromatic heterocycles. The smallest absolute Gasteiger partial charge is 0.251 e. The highest BCUT2D eigenvalue weighted by Gasteiger charge is 2.34. The Bertz CT molecular complexity index is 1250. The fourth-order valence-corrected chi connectivity index (χ4v) is 4.31. The molecular weight excluding hydrogens is 500 g/mol. The van der Waals surface area contributed by atoms with Gasteiger partial charge in [0.1, 0.15) is 11.8 Å². The van der Waals surface area contributed by atoms with E-state index in [2.05, 4.69) is 4.99 Å². The summed E-state index contributed by atoms with van der Waals surface area (Å²) in [7, 11) is 1.55. The summed E-state index contributed by atoms with van der Waals surface area (Å²) in [5.74, 6) is -1.39. The van der Waals surface area contributed by atoms with Crippen LogP contribution in [-0.2, 0) is 16.1 Å². The number of rotatable bonds is 13. The number of carbonyl (C=O) groups is 2. The molecule has 0 aliphatic heterocycles. The molecule has 0 unspecified atom stereocenters. The minimum absolute atomic E-state index is 0.0957. The van der Waals surface area contributed by atoms with Crippen molar-refractivity contribution < 1.29 is 19.4 Å². The van der Waals surface area contributed by atoms with Crippen LogP contribution in [0.4, 0.5) is 0 Å². The van der Waals surface area contributed by atoms with Gasteiger partial charge in [-0.05, 0) is 41.7 Å². The van der Waals surface area contributed by atoms with E-state index in [1.807, 2.05) is 72.8 Å². The first-order valence-electron chi connectivity index (χ1n) is 12.3. The van der Waals surface area contributed by atoms with Crippen LogP contribution in [0.3, 0.4) is 0 Å². The summed E-state index contributed by atoms with van der Waals surface area (Å²) in [6.45, 7) is 0.201. The van der Waals surface area contributed by atoms with Crippen LogP contribution in [0, 0.1) is 10.1 Å². The van der Waals surface area contributed by atoms with E-state index in [1.165, 1.54) is 4.90 Å². The van der Waals surface area contributed by atoms with Crippen molar-refractivity contribution in [3.63, 3.8) is 0 Å². The second-order valence-electron chi connectivity index (χ2n) is 8.77. The number of nitrogens with two attached hydrogens (primary N) is 2. The van der Waals surface area contributed by atoms with Crippen LogP contribution in [0.1, 0.15) is 35.4 Å². The van der Waals surface area contributed by atoms with Crippen molar-refractivity contribution in [2.24, 2.45) is 16.5 Å². The normalized spacial score (nSPS) is 12.0. The molecule has 204 valence electrons. The zero-order valence-corrected chi connectivity index (χ0v) is 21.6. The van der Waals surface area contributed by atoms with Crippen molar-refractivity contribution in [2.45, 2.75) is 31.3 Å². The Kier molecular flexibility index (Phi) is 10.4. The lowest BCUT2D eigenvalue weighted by atomic mass is 9.89. The lowest BCUT2D eigenvalue weighted by molar-refractivity contribution is -0.525. The number of hydrazine groups is 1. The zero-order chi connectivity index (χ0) is 28.2. The molecular formula is C28H32N6O5. The van der Waals surface area contributed by atoms with Crippen molar-refractivity contribution in [1.29, 1.82) is 0 Å². The zero-order valence-electron chi connectivity index (χ0n) is 21.6. The van der Waals surface area contributed by atoms with Gasteiger partial charge in [0, 0.05) is 13.1 Å². The molecule has 11 heteroatoms. The maximum atomic E-state index is 14.4. The number of carbonyl (C=O) groups excluding carboxylic acids is 2. The highest BCUT2D eigenvalue weighted by Crippen LogP contribution is 2.29. The molecule has 1 atom stereocenters. The third kappa shape index (κ3) is 8.29. The Morgan fingerprint density at radius 2 is 1.62 bits per heavy atom. The molecule has 3 aromatic rings. The quantitative estimate of drug-likeness (QED) is 0.1000. The van der Waals surface area contributed by atoms with Gasteiger partial charge in [0.15, 0.2) is 5.03 Å². The van der Waals surface area contributed by atoms with Gasteiger partial charge < -0.3 is 21.1 Å². The van der Waals surface area contributed by atoms with Crippen molar-refractivity contribution in [3.05, 3.63) is 112 Å². The molecule has 0 bridgehead atoms. The summed E-state index contributed by atoms with van der Waals surface area (Å²) < 4.78 is 5.34. The topological polar surface area (TPSA) is 166 Å². The molecule has 39 heavy (non-hydrogen) atoms. The number of methoxy groups -OCH3 is 1. The van der Waals surface area contributed by atoms with E-state index in [0.717, 1.165) is 16.7 Å². The van der Waals surface area contributed by atoms with Gasteiger partial charge in [0.25, 0.3) is 5.96 Å². The van der Waals surface area contributed by atoms with E-state index < -0.39 is 22.9 Å². The number of ether oxygens (including phenoxy) is 1. The van der Waals surface area contributed by atoms with E-state index in [1.54, 1.807) is 24.7 Å². The number of hydrogen-bond acceptors (Lipinski definition) is 6. The number of aliphatic imine (C=N–C) groups is 1. The van der Waals surface area contributed by atoms with Gasteiger partial charge in [0.05, 0.1) is 13.0 Å². The molecule has 5 N–H and O–H groups in total. The molecule has 3 aromatic carbocycles. The number of nitro groups is 1. The molecule has 0 saturated heterocycles. The third-order valence-electron chi connectivity index (χ3n) is 6.11. The summed E-state index contributed by atoms with van der Waals surface area (Å²) in [5, 5.41) is 9.73. The number of hydrogen-bond donors (Lipinski definition) is 3. The summed E-state index contributed by atoms with van der Waals surface area (Å²) in [6, 6.07) is 24.9. The van der Waals surface area contributed by atoms with E-state index in [4.69, 9.17) is 16.2 Å². The van der Waals surface area contributed by atoms with Gasteiger partial charge in [-0.1, -0.05) is 78.2 Å². The van der Waals surface area contributed by atoms with Gasteiger partial charge in [-0.25, -0.2) is 15.1 Å². The molecule has 0 aliphatic rings. The van der Waals surface area contributed by atoms with Gasteiger partial charge >= 0.3 is 0 Å². The van der Waals surface area contributed by atoms with E-state index in [-0.39, 0.29) is 31.4 Å². The Balaban J connectivity index is 1.98. The predicted octanol–water partition coefficient (Wildman–Crippen LogP) is 2.59. The van der Waals surface area contributed by atoms with Crippen LogP contribution >= 0.6 is 0 Å². The van der Waals surface area contributed by atoms with Gasteiger partial charge in [-0.15, -0.1) is 0 Å². The number of primary amides is 1. The van der Waals surface area contributed by atoms with E-state index in [9.17, 15) is 19.7 Å². The molecule has 0 fully saturated rings. The maximum Gasteiger partial charge on any atom is 0.251 e. The second-order valence-corrected chi connectivity index (χ2v) is 8.77. The Morgan fingerprint density at radius 3 is 2.15 bits per heavy atom. The third-order valence-corrected chi connectivity index (χ3v) is 6.11. The molecule has 0 heterocycles. The monoisotopic (exact) mass is 532 g/mol. The molecule has 2 amide bonds. The molecule has 3 rings (SSSR count). The average molecular weight is 533 g/mol. The van der Waals surface area contributed by atoms with Gasteiger partial charge in [-0.2, -0.15) is 0 Å². The first-order chi connectivity index (χ1) is 18.8. The first-order valence-corrected chi connectivity index (χ1v) is 12.3. The second kappa shape index (κ2) is 14.1. The Hall–Kier alpha value is -4.93. The largest absolute Gasteiger partial charge is 0.497 e. The molecule has 0 spiro atoms. The summed E-state index contributed by atoms with van der Waals surface area (Å²) in [6.07, 6.45) is 0.480. The lowest BCUT2D eigenvalue weighted by Crippen LogP contribution is -2.49. The fraction of sp³-hybridized carbons (Fsp3) is 0.250. The average Bonchev–Trinajstić information content (AvgIpc) is 2.93. The highest BCUT2D eigenvalue weighted by atomic mass is 16.7. The number of amides is 2. The standard InChI is InChI=1S/C28H32N6O5/c1-39-23-15-8-10-20(18-23)19-33(24(26(29)35)16-9-17-31-28(30)32-34(37)38)27(36)25(21-11-4-2-5-12-21)22-13-6-3-7-14-22/h2-8,10-15,18,24-25H,9,16-17,19H2,1H3,(H2,29,35)(H3,30,31,32)/t24-/m0/s1. The minimum atomic E-state index is -0.974. The Labute approximate surface area is 226 Å². The lowest BCUT2D eigenvalue weighted by Gasteiger charge is -2.33. The van der Waals surface area contributed by atoms with Crippen LogP contribution in [0.15, 0.2) is 89.9 Å². The van der Waals surface area contributed by atoms with Crippen molar-refractivity contribution in [1.82, 2.24) is 10.3 Å². The minimum Gasteiger partial charge on any atom is -0.497 e. The van der Waals surface area contributed by atoms with Gasteiger partial charge in [0.2, 0.25) is 11.8 Å². The van der Waals surface area contributed by atoms with Gasteiger partial charge in [-0.3, -0.25) is 9.59 Å². The fourth-order valence-electron chi connectivity index (χ4n) is 4.31. The molecule has 0 saturated carbocycles. The Morgan fingerprint density at radius 1 is 1.00 bits per heavy atom. The summed E-state index contributed by atoms with van der Waals surface area (Å²) in [4.78, 5) is 43.1. The van der Waals surface area contributed by atoms with Crippen LogP contribution < -0.4 is 21.6 Å². The molecule has 0 aliphatic carbocycles. The predicted molar refractivity (Wildman–Crippen MR) is 147 cm³/mol. The number of nitrogens with zero attached hydrogens (tertiary/aromatic N) is 3. The first kappa shape index (κ1) is 28.6. The van der Waals surface area contributed by atoms with Crippen LogP contribution in [0.25, 0.3) is 0 Å². The molecule has 0 radical (unpaired) electrons. The number of guanidine groups is 1. The van der Waals surface area contributed by atoms with Crippen LogP contribution in [0.2, 0.25) is 0 Å². The van der Waals surface area contributed by atoms with E-state index >= 15 is 0 Å². The van der Waals surface area contributed by atoms with Crippen LogP contribution in [-0.4, -0.2) is 47.4 Å². The summed E-state index contributed by atoms with van der Waals surface area (Å²) >= 11 is 0. The van der Waals surface area contributed by atoms with E-state index in [0.29, 0.717) is 12.2 Å². The molecule has 11 nitrogen and oxygen atoms in total.